The second-order valence-corrected chi connectivity index (χ2v) is 7.40. The molecule has 7 heteroatoms. The number of hydrogen-bond donors (Lipinski definition) is 1. The maximum Gasteiger partial charge on any atom is 0.356 e. The van der Waals surface area contributed by atoms with Crippen molar-refractivity contribution >= 4 is 5.97 Å². The molecule has 1 heterocycles. The van der Waals surface area contributed by atoms with Crippen LogP contribution in [0.5, 0.6) is 11.5 Å². The van der Waals surface area contributed by atoms with Crippen LogP contribution in [0.3, 0.4) is 0 Å². The molecule has 0 amide bonds. The zero-order valence-electron chi connectivity index (χ0n) is 17.1. The van der Waals surface area contributed by atoms with Gasteiger partial charge >= 0.3 is 5.97 Å². The monoisotopic (exact) mass is 399 g/mol. The molecule has 0 atom stereocenters. The number of nitrogens with zero attached hydrogens (tertiary/aromatic N) is 3. The van der Waals surface area contributed by atoms with E-state index in [1.807, 2.05) is 12.1 Å². The largest absolute Gasteiger partial charge is 0.493 e. The standard InChI is InChI=1S/C22H29N3O4/c1-28-20-11-7-8-16(21(20)29-2)14-25(18-9-5-3-4-6-10-18)15-17-12-24-19(13-23-17)22(26)27/h7-8,11-13,18H,3-6,9-10,14-15H2,1-2H3,(H,26,27). The zero-order valence-corrected chi connectivity index (χ0v) is 17.1. The van der Waals surface area contributed by atoms with Gasteiger partial charge in [0.05, 0.1) is 32.3 Å². The van der Waals surface area contributed by atoms with Crippen molar-refractivity contribution < 1.29 is 19.4 Å². The summed E-state index contributed by atoms with van der Waals surface area (Å²) < 4.78 is 11.1. The number of aromatic carboxylic acids is 1. The number of hydrogen-bond acceptors (Lipinski definition) is 6. The minimum atomic E-state index is -1.06. The fraction of sp³-hybridized carbons (Fsp3) is 0.500. The molecule has 1 aliphatic rings. The molecule has 2 aromatic rings. The molecule has 0 spiro atoms. The molecule has 7 nitrogen and oxygen atoms in total. The predicted octanol–water partition coefficient (Wildman–Crippen LogP) is 3.92. The van der Waals surface area contributed by atoms with Crippen LogP contribution in [0.2, 0.25) is 0 Å². The molecule has 156 valence electrons. The van der Waals surface area contributed by atoms with Crippen LogP contribution < -0.4 is 9.47 Å². The van der Waals surface area contributed by atoms with Gasteiger partial charge in [-0.25, -0.2) is 9.78 Å². The van der Waals surface area contributed by atoms with Gasteiger partial charge in [0, 0.05) is 24.7 Å². The molecular formula is C22H29N3O4. The Balaban J connectivity index is 1.86. The Morgan fingerprint density at radius 1 is 1.07 bits per heavy atom. The highest BCUT2D eigenvalue weighted by Crippen LogP contribution is 2.33. The van der Waals surface area contributed by atoms with Gasteiger partial charge in [-0.3, -0.25) is 9.88 Å². The van der Waals surface area contributed by atoms with Crippen LogP contribution in [0.4, 0.5) is 0 Å². The van der Waals surface area contributed by atoms with E-state index >= 15 is 0 Å². The van der Waals surface area contributed by atoms with Crippen molar-refractivity contribution in [2.45, 2.75) is 57.7 Å². The van der Waals surface area contributed by atoms with E-state index in [0.717, 1.165) is 35.6 Å². The Labute approximate surface area is 171 Å². The van der Waals surface area contributed by atoms with Crippen LogP contribution in [-0.4, -0.2) is 46.2 Å². The SMILES string of the molecule is COc1cccc(CN(Cc2cnc(C(=O)O)cn2)C2CCCCCC2)c1OC. The second-order valence-electron chi connectivity index (χ2n) is 7.40. The topological polar surface area (TPSA) is 84.8 Å². The third kappa shape index (κ3) is 5.44. The van der Waals surface area contributed by atoms with Crippen molar-refractivity contribution in [3.8, 4) is 11.5 Å². The Kier molecular flexibility index (Phi) is 7.41. The van der Waals surface area contributed by atoms with E-state index in [1.54, 1.807) is 20.4 Å². The second kappa shape index (κ2) is 10.2. The first kappa shape index (κ1) is 21.0. The fourth-order valence-electron chi connectivity index (χ4n) is 3.99. The molecule has 3 rings (SSSR count). The van der Waals surface area contributed by atoms with Crippen molar-refractivity contribution in [1.82, 2.24) is 14.9 Å². The van der Waals surface area contributed by atoms with Crippen molar-refractivity contribution in [3.63, 3.8) is 0 Å². The van der Waals surface area contributed by atoms with Crippen molar-refractivity contribution in [2.75, 3.05) is 14.2 Å². The molecule has 0 radical (unpaired) electrons. The predicted molar refractivity (Wildman–Crippen MR) is 109 cm³/mol. The number of carboxylic acid groups (broad SMARTS) is 1. The minimum absolute atomic E-state index is 0.0377. The van der Waals surface area contributed by atoms with Crippen LogP contribution >= 0.6 is 0 Å². The molecule has 1 aromatic carbocycles. The molecule has 1 aliphatic carbocycles. The average molecular weight is 399 g/mol. The summed E-state index contributed by atoms with van der Waals surface area (Å²) in [6.45, 7) is 1.31. The first-order valence-corrected chi connectivity index (χ1v) is 10.1. The number of rotatable bonds is 8. The molecule has 0 aliphatic heterocycles. The summed E-state index contributed by atoms with van der Waals surface area (Å²) in [5.74, 6) is 0.406. The lowest BCUT2D eigenvalue weighted by Gasteiger charge is -2.31. The molecule has 29 heavy (non-hydrogen) atoms. The van der Waals surface area contributed by atoms with Gasteiger partial charge in [0.25, 0.3) is 0 Å². The lowest BCUT2D eigenvalue weighted by atomic mass is 10.0. The van der Waals surface area contributed by atoms with E-state index < -0.39 is 5.97 Å². The van der Waals surface area contributed by atoms with Gasteiger partial charge in [0.15, 0.2) is 17.2 Å². The molecule has 1 saturated carbocycles. The summed E-state index contributed by atoms with van der Waals surface area (Å²) >= 11 is 0. The Morgan fingerprint density at radius 3 is 2.41 bits per heavy atom. The lowest BCUT2D eigenvalue weighted by Crippen LogP contribution is -2.34. The minimum Gasteiger partial charge on any atom is -0.493 e. The summed E-state index contributed by atoms with van der Waals surface area (Å²) in [5, 5.41) is 9.06. The summed E-state index contributed by atoms with van der Waals surface area (Å²) in [4.78, 5) is 21.8. The number of benzene rings is 1. The molecular weight excluding hydrogens is 370 g/mol. The van der Waals surface area contributed by atoms with Crippen molar-refractivity contribution in [2.24, 2.45) is 0 Å². The molecule has 1 aromatic heterocycles. The first-order valence-electron chi connectivity index (χ1n) is 10.1. The lowest BCUT2D eigenvalue weighted by molar-refractivity contribution is 0.0689. The average Bonchev–Trinajstić information content (AvgIpc) is 3.03. The van der Waals surface area contributed by atoms with E-state index in [-0.39, 0.29) is 5.69 Å². The number of aromatic nitrogens is 2. The molecule has 0 bridgehead atoms. The smallest absolute Gasteiger partial charge is 0.356 e. The number of carbonyl (C=O) groups is 1. The maximum absolute atomic E-state index is 11.1. The summed E-state index contributed by atoms with van der Waals surface area (Å²) in [6, 6.07) is 6.37. The van der Waals surface area contributed by atoms with Crippen molar-refractivity contribution in [3.05, 3.63) is 47.5 Å². The molecule has 0 saturated heterocycles. The molecule has 1 N–H and O–H groups in total. The zero-order chi connectivity index (χ0) is 20.6. The van der Waals surface area contributed by atoms with Gasteiger partial charge in [-0.1, -0.05) is 37.8 Å². The van der Waals surface area contributed by atoms with Crippen LogP contribution in [-0.2, 0) is 13.1 Å². The van der Waals surface area contributed by atoms with E-state index in [2.05, 4.69) is 20.9 Å². The highest BCUT2D eigenvalue weighted by atomic mass is 16.5. The van der Waals surface area contributed by atoms with E-state index in [4.69, 9.17) is 14.6 Å². The number of methoxy groups -OCH3 is 2. The van der Waals surface area contributed by atoms with Crippen molar-refractivity contribution in [1.29, 1.82) is 0 Å². The number of para-hydroxylation sites is 1. The summed E-state index contributed by atoms with van der Waals surface area (Å²) in [6.07, 6.45) is 10.2. The number of ether oxygens (including phenoxy) is 2. The van der Waals surface area contributed by atoms with Gasteiger partial charge in [0.1, 0.15) is 0 Å². The van der Waals surface area contributed by atoms with Crippen LogP contribution in [0.15, 0.2) is 30.6 Å². The van der Waals surface area contributed by atoms with E-state index in [9.17, 15) is 4.79 Å². The van der Waals surface area contributed by atoms with E-state index in [1.165, 1.54) is 31.9 Å². The molecule has 0 unspecified atom stereocenters. The van der Waals surface area contributed by atoms with Crippen LogP contribution in [0.1, 0.15) is 60.3 Å². The Bertz CT molecular complexity index is 802. The van der Waals surface area contributed by atoms with Gasteiger partial charge < -0.3 is 14.6 Å². The highest BCUT2D eigenvalue weighted by Gasteiger charge is 2.23. The van der Waals surface area contributed by atoms with Crippen LogP contribution in [0, 0.1) is 0 Å². The Hall–Kier alpha value is -2.67. The number of carboxylic acids is 1. The van der Waals surface area contributed by atoms with E-state index in [0.29, 0.717) is 19.1 Å². The van der Waals surface area contributed by atoms with Gasteiger partial charge in [-0.05, 0) is 18.9 Å². The highest BCUT2D eigenvalue weighted by molar-refractivity contribution is 5.84. The van der Waals surface area contributed by atoms with Gasteiger partial charge in [-0.2, -0.15) is 0 Å². The summed E-state index contributed by atoms with van der Waals surface area (Å²) in [5.41, 5.74) is 1.79. The first-order chi connectivity index (χ1) is 14.1. The quantitative estimate of drug-likeness (QED) is 0.674. The third-order valence-corrected chi connectivity index (χ3v) is 5.49. The fourth-order valence-corrected chi connectivity index (χ4v) is 3.99. The third-order valence-electron chi connectivity index (χ3n) is 5.49. The maximum atomic E-state index is 11.1. The Morgan fingerprint density at radius 2 is 1.83 bits per heavy atom. The normalized spacial score (nSPS) is 15.1. The van der Waals surface area contributed by atoms with Gasteiger partial charge in [0.2, 0.25) is 0 Å². The van der Waals surface area contributed by atoms with Gasteiger partial charge in [-0.15, -0.1) is 0 Å². The van der Waals surface area contributed by atoms with Crippen LogP contribution in [0.25, 0.3) is 0 Å². The summed E-state index contributed by atoms with van der Waals surface area (Å²) in [7, 11) is 3.30. The molecule has 1 fully saturated rings.